The summed E-state index contributed by atoms with van der Waals surface area (Å²) in [6, 6.07) is 19.1. The number of nitrogens with one attached hydrogen (secondary N) is 1. The van der Waals surface area contributed by atoms with Crippen LogP contribution in [-0.4, -0.2) is 60.0 Å². The Morgan fingerprint density at radius 2 is 1.78 bits per heavy atom. The molecule has 194 valence electrons. The Hall–Kier alpha value is -3.23. The van der Waals surface area contributed by atoms with Gasteiger partial charge < -0.3 is 25.3 Å². The van der Waals surface area contributed by atoms with Crippen molar-refractivity contribution < 1.29 is 13.9 Å². The molecule has 8 heteroatoms. The van der Waals surface area contributed by atoms with Gasteiger partial charge >= 0.3 is 6.03 Å². The van der Waals surface area contributed by atoms with E-state index in [-0.39, 0.29) is 19.1 Å². The third-order valence-electron chi connectivity index (χ3n) is 5.94. The van der Waals surface area contributed by atoms with Crippen molar-refractivity contribution in [3.05, 3.63) is 78.2 Å². The molecule has 0 saturated carbocycles. The van der Waals surface area contributed by atoms with Crippen molar-refractivity contribution in [1.29, 1.82) is 0 Å². The van der Waals surface area contributed by atoms with Crippen molar-refractivity contribution in [2.24, 2.45) is 11.1 Å². The van der Waals surface area contributed by atoms with E-state index in [1.807, 2.05) is 75.5 Å². The second kappa shape index (κ2) is 12.6. The molecule has 0 fully saturated rings. The number of nitrogens with two attached hydrogens (primary N) is 1. The van der Waals surface area contributed by atoms with E-state index in [2.05, 4.69) is 22.0 Å². The number of nitrogens with zero attached hydrogens (tertiary/aromatic N) is 3. The Bertz CT molecular complexity index is 1080. The zero-order valence-electron chi connectivity index (χ0n) is 21.7. The summed E-state index contributed by atoms with van der Waals surface area (Å²) in [6.45, 7) is 7.03. The van der Waals surface area contributed by atoms with Crippen LogP contribution in [0.4, 0.5) is 9.18 Å². The Labute approximate surface area is 213 Å². The summed E-state index contributed by atoms with van der Waals surface area (Å²) in [5, 5.41) is 2.86. The SMILES string of the molecule is COCCNC(=O)N(C[C@@H](F)CN)[C@@H](c1nc(-c2ccccc2)cn1Cc1ccccc1)C(C)(C)C. The molecule has 0 aliphatic rings. The molecule has 2 aromatic carbocycles. The van der Waals surface area contributed by atoms with Gasteiger partial charge in [0.1, 0.15) is 12.0 Å². The monoisotopic (exact) mass is 495 g/mol. The highest BCUT2D eigenvalue weighted by atomic mass is 19.1. The predicted octanol–water partition coefficient (Wildman–Crippen LogP) is 4.64. The molecule has 0 bridgehead atoms. The van der Waals surface area contributed by atoms with Gasteiger partial charge in [0.15, 0.2) is 0 Å². The second-order valence-electron chi connectivity index (χ2n) is 9.94. The van der Waals surface area contributed by atoms with E-state index in [0.29, 0.717) is 25.5 Å². The van der Waals surface area contributed by atoms with Crippen molar-refractivity contribution in [1.82, 2.24) is 19.8 Å². The number of carbonyl (C=O) groups excluding carboxylic acids is 1. The van der Waals surface area contributed by atoms with E-state index in [9.17, 15) is 9.18 Å². The topological polar surface area (TPSA) is 85.4 Å². The number of alkyl halides is 1. The minimum atomic E-state index is -1.37. The van der Waals surface area contributed by atoms with Crippen molar-refractivity contribution in [3.8, 4) is 11.3 Å². The molecule has 3 aromatic rings. The lowest BCUT2D eigenvalue weighted by molar-refractivity contribution is 0.0873. The van der Waals surface area contributed by atoms with Crippen LogP contribution in [0.15, 0.2) is 66.9 Å². The fourth-order valence-corrected chi connectivity index (χ4v) is 4.25. The van der Waals surface area contributed by atoms with Gasteiger partial charge in [0.25, 0.3) is 0 Å². The van der Waals surface area contributed by atoms with Gasteiger partial charge in [-0.2, -0.15) is 0 Å². The van der Waals surface area contributed by atoms with Crippen LogP contribution in [0.2, 0.25) is 0 Å². The predicted molar refractivity (Wildman–Crippen MR) is 141 cm³/mol. The van der Waals surface area contributed by atoms with Gasteiger partial charge in [0.05, 0.1) is 24.9 Å². The Morgan fingerprint density at radius 3 is 2.36 bits per heavy atom. The number of rotatable bonds is 11. The summed E-state index contributed by atoms with van der Waals surface area (Å²) in [7, 11) is 1.57. The number of ether oxygens (including phenoxy) is 1. The van der Waals surface area contributed by atoms with Crippen molar-refractivity contribution in [2.75, 3.05) is 33.4 Å². The van der Waals surface area contributed by atoms with Crippen molar-refractivity contribution in [2.45, 2.75) is 39.5 Å². The summed E-state index contributed by atoms with van der Waals surface area (Å²) in [4.78, 5) is 20.0. The van der Waals surface area contributed by atoms with Crippen molar-refractivity contribution >= 4 is 6.03 Å². The third-order valence-corrected chi connectivity index (χ3v) is 5.94. The molecule has 0 aliphatic carbocycles. The van der Waals surface area contributed by atoms with E-state index in [1.165, 1.54) is 4.90 Å². The van der Waals surface area contributed by atoms with Gasteiger partial charge in [-0.25, -0.2) is 14.2 Å². The minimum absolute atomic E-state index is 0.143. The Kier molecular flexibility index (Phi) is 9.61. The molecular weight excluding hydrogens is 457 g/mol. The molecule has 7 nitrogen and oxygen atoms in total. The molecule has 1 heterocycles. The normalized spacial score (nSPS) is 13.3. The maximum atomic E-state index is 14.7. The highest BCUT2D eigenvalue weighted by Crippen LogP contribution is 2.39. The maximum Gasteiger partial charge on any atom is 0.318 e. The van der Waals surface area contributed by atoms with E-state index >= 15 is 0 Å². The number of benzene rings is 2. The van der Waals surface area contributed by atoms with E-state index in [0.717, 1.165) is 16.8 Å². The van der Waals surface area contributed by atoms with Crippen LogP contribution >= 0.6 is 0 Å². The maximum absolute atomic E-state index is 14.7. The van der Waals surface area contributed by atoms with Gasteiger partial charge in [-0.15, -0.1) is 0 Å². The zero-order valence-corrected chi connectivity index (χ0v) is 21.7. The standard InChI is InChI=1S/C28H38FN5O2/c1-28(2,3)25(34(19-23(29)17-30)27(35)31-15-16-36-4)26-32-24(22-13-9-6-10-14-22)20-33(26)18-21-11-7-5-8-12-21/h5-14,20,23,25H,15-19,30H2,1-4H3,(H,31,35)/t23-,25-/m0/s1. The zero-order chi connectivity index (χ0) is 26.1. The van der Waals surface area contributed by atoms with Crippen LogP contribution < -0.4 is 11.1 Å². The highest BCUT2D eigenvalue weighted by Gasteiger charge is 2.39. The molecule has 2 atom stereocenters. The quantitative estimate of drug-likeness (QED) is 0.380. The first kappa shape index (κ1) is 27.4. The number of carbonyl (C=O) groups is 1. The van der Waals surface area contributed by atoms with Crippen LogP contribution in [0.5, 0.6) is 0 Å². The summed E-state index contributed by atoms with van der Waals surface area (Å²) in [6.07, 6.45) is 0.641. The van der Waals surface area contributed by atoms with E-state index in [4.69, 9.17) is 15.5 Å². The molecule has 36 heavy (non-hydrogen) atoms. The summed E-state index contributed by atoms with van der Waals surface area (Å²) in [5.74, 6) is 0.691. The summed E-state index contributed by atoms with van der Waals surface area (Å²) >= 11 is 0. The number of aromatic nitrogens is 2. The third kappa shape index (κ3) is 7.15. The number of methoxy groups -OCH3 is 1. The number of hydrogen-bond acceptors (Lipinski definition) is 4. The van der Waals surface area contributed by atoms with Crippen LogP contribution in [0, 0.1) is 5.41 Å². The molecule has 0 spiro atoms. The molecule has 1 aromatic heterocycles. The molecule has 0 radical (unpaired) electrons. The molecule has 0 unspecified atom stereocenters. The van der Waals surface area contributed by atoms with Crippen LogP contribution in [0.3, 0.4) is 0 Å². The lowest BCUT2D eigenvalue weighted by Gasteiger charge is -2.40. The minimum Gasteiger partial charge on any atom is -0.383 e. The van der Waals surface area contributed by atoms with E-state index in [1.54, 1.807) is 7.11 Å². The second-order valence-corrected chi connectivity index (χ2v) is 9.94. The molecule has 3 rings (SSSR count). The highest BCUT2D eigenvalue weighted by molar-refractivity contribution is 5.75. The van der Waals surface area contributed by atoms with Gasteiger partial charge in [0, 0.05) is 38.5 Å². The summed E-state index contributed by atoms with van der Waals surface area (Å²) < 4.78 is 21.9. The van der Waals surface area contributed by atoms with E-state index < -0.39 is 17.6 Å². The van der Waals surface area contributed by atoms with Crippen molar-refractivity contribution in [3.63, 3.8) is 0 Å². The lowest BCUT2D eigenvalue weighted by Crippen LogP contribution is -2.50. The molecule has 2 amide bonds. The largest absolute Gasteiger partial charge is 0.383 e. The molecule has 3 N–H and O–H groups in total. The number of halogens is 1. The molecular formula is C28H38FN5O2. The lowest BCUT2D eigenvalue weighted by atomic mass is 9.84. The Balaban J connectivity index is 2.12. The fraction of sp³-hybridized carbons (Fsp3) is 0.429. The first-order chi connectivity index (χ1) is 17.2. The van der Waals surface area contributed by atoms with Crippen LogP contribution in [0.25, 0.3) is 11.3 Å². The first-order valence-corrected chi connectivity index (χ1v) is 12.3. The average molecular weight is 496 g/mol. The van der Waals surface area contributed by atoms with Gasteiger partial charge in [-0.05, 0) is 11.0 Å². The smallest absolute Gasteiger partial charge is 0.318 e. The number of urea groups is 1. The van der Waals surface area contributed by atoms with Crippen LogP contribution in [-0.2, 0) is 11.3 Å². The number of hydrogen-bond donors (Lipinski definition) is 2. The first-order valence-electron chi connectivity index (χ1n) is 12.3. The number of amides is 2. The molecule has 0 aliphatic heterocycles. The van der Waals surface area contributed by atoms with Gasteiger partial charge in [-0.1, -0.05) is 81.4 Å². The average Bonchev–Trinajstić information content (AvgIpc) is 3.26. The van der Waals surface area contributed by atoms with Gasteiger partial charge in [-0.3, -0.25) is 0 Å². The number of imidazole rings is 1. The molecule has 0 saturated heterocycles. The fourth-order valence-electron chi connectivity index (χ4n) is 4.25. The van der Waals surface area contributed by atoms with Gasteiger partial charge in [0.2, 0.25) is 0 Å². The van der Waals surface area contributed by atoms with Crippen LogP contribution in [0.1, 0.15) is 38.2 Å². The summed E-state index contributed by atoms with van der Waals surface area (Å²) in [5.41, 5.74) is 8.04. The Morgan fingerprint density at radius 1 is 1.14 bits per heavy atom.